The molecule has 0 saturated heterocycles. The van der Waals surface area contributed by atoms with Gasteiger partial charge in [-0.25, -0.2) is 4.79 Å². The number of nitrogens with zero attached hydrogens (tertiary/aromatic N) is 1. The van der Waals surface area contributed by atoms with Crippen molar-refractivity contribution in [3.63, 3.8) is 0 Å². The number of ether oxygens (including phenoxy) is 1. The van der Waals surface area contributed by atoms with E-state index in [1.165, 1.54) is 6.20 Å². The minimum Gasteiger partial charge on any atom is -0.462 e. The van der Waals surface area contributed by atoms with Crippen molar-refractivity contribution in [2.45, 2.75) is 40.5 Å². The van der Waals surface area contributed by atoms with Crippen LogP contribution in [0.5, 0.6) is 0 Å². The van der Waals surface area contributed by atoms with Crippen LogP contribution in [0.3, 0.4) is 0 Å². The number of ketones is 1. The summed E-state index contributed by atoms with van der Waals surface area (Å²) in [6.07, 6.45) is 2.17. The Labute approximate surface area is 147 Å². The zero-order valence-electron chi connectivity index (χ0n) is 15.1. The van der Waals surface area contributed by atoms with Gasteiger partial charge in [0.2, 0.25) is 5.43 Å². The predicted octanol–water partition coefficient (Wildman–Crippen LogP) is 3.48. The lowest BCUT2D eigenvalue weighted by molar-refractivity contribution is 0.0524. The summed E-state index contributed by atoms with van der Waals surface area (Å²) in [5.74, 6) is -0.977. The van der Waals surface area contributed by atoms with E-state index in [2.05, 4.69) is 0 Å². The minimum atomic E-state index is -0.707. The number of carbonyl (C=O) groups is 2. The molecule has 0 aliphatic heterocycles. The van der Waals surface area contributed by atoms with E-state index in [1.54, 1.807) is 18.4 Å². The molecular formula is C20H23NO4. The Morgan fingerprint density at radius 1 is 1.08 bits per heavy atom. The average Bonchev–Trinajstić information content (AvgIpc) is 2.61. The number of rotatable bonds is 6. The number of aromatic nitrogens is 1. The summed E-state index contributed by atoms with van der Waals surface area (Å²) in [7, 11) is 0. The van der Waals surface area contributed by atoms with Gasteiger partial charge in [-0.3, -0.25) is 9.59 Å². The minimum absolute atomic E-state index is 0.0797. The van der Waals surface area contributed by atoms with Crippen LogP contribution >= 0.6 is 0 Å². The Morgan fingerprint density at radius 2 is 1.72 bits per heavy atom. The summed E-state index contributed by atoms with van der Waals surface area (Å²) < 4.78 is 6.74. The van der Waals surface area contributed by atoms with Gasteiger partial charge in [0.05, 0.1) is 12.2 Å². The van der Waals surface area contributed by atoms with Crippen molar-refractivity contribution in [3.05, 3.63) is 63.1 Å². The van der Waals surface area contributed by atoms with Gasteiger partial charge < -0.3 is 9.30 Å². The summed E-state index contributed by atoms with van der Waals surface area (Å²) >= 11 is 0. The van der Waals surface area contributed by atoms with Crippen molar-refractivity contribution in [1.29, 1.82) is 0 Å². The first-order valence-corrected chi connectivity index (χ1v) is 8.50. The fourth-order valence-corrected chi connectivity index (χ4v) is 2.75. The highest BCUT2D eigenvalue weighted by Gasteiger charge is 2.24. The number of benzene rings is 1. The molecule has 25 heavy (non-hydrogen) atoms. The van der Waals surface area contributed by atoms with Gasteiger partial charge in [0, 0.05) is 24.0 Å². The van der Waals surface area contributed by atoms with Crippen LogP contribution in [-0.4, -0.2) is 22.9 Å². The van der Waals surface area contributed by atoms with Crippen molar-refractivity contribution < 1.29 is 14.3 Å². The van der Waals surface area contributed by atoms with Crippen LogP contribution in [0.4, 0.5) is 0 Å². The van der Waals surface area contributed by atoms with Gasteiger partial charge in [0.15, 0.2) is 5.78 Å². The quantitative estimate of drug-likeness (QED) is 0.596. The van der Waals surface area contributed by atoms with Gasteiger partial charge in [0.1, 0.15) is 5.56 Å². The molecule has 0 atom stereocenters. The van der Waals surface area contributed by atoms with Crippen molar-refractivity contribution in [1.82, 2.24) is 4.57 Å². The highest BCUT2D eigenvalue weighted by Crippen LogP contribution is 2.18. The monoisotopic (exact) mass is 341 g/mol. The molecule has 1 aromatic heterocycles. The fourth-order valence-electron chi connectivity index (χ4n) is 2.75. The Balaban J connectivity index is 2.83. The highest BCUT2D eigenvalue weighted by molar-refractivity contribution is 5.99. The molecule has 5 nitrogen and oxygen atoms in total. The molecule has 132 valence electrons. The molecule has 2 aromatic rings. The Morgan fingerprint density at radius 3 is 2.24 bits per heavy atom. The predicted molar refractivity (Wildman–Crippen MR) is 96.7 cm³/mol. The molecule has 2 rings (SSSR count). The van der Waals surface area contributed by atoms with E-state index >= 15 is 0 Å². The number of pyridine rings is 1. The summed E-state index contributed by atoms with van der Waals surface area (Å²) in [4.78, 5) is 37.4. The zero-order valence-corrected chi connectivity index (χ0v) is 15.1. The summed E-state index contributed by atoms with van der Waals surface area (Å²) in [5.41, 5.74) is 1.91. The Bertz CT molecular complexity index is 847. The van der Waals surface area contributed by atoms with E-state index in [-0.39, 0.29) is 29.9 Å². The van der Waals surface area contributed by atoms with Crippen LogP contribution < -0.4 is 5.43 Å². The lowest BCUT2D eigenvalue weighted by atomic mass is 10.0. The molecule has 1 heterocycles. The smallest absolute Gasteiger partial charge is 0.343 e. The Hall–Kier alpha value is -2.69. The van der Waals surface area contributed by atoms with Crippen LogP contribution in [0.25, 0.3) is 5.69 Å². The molecule has 0 spiro atoms. The third-order valence-corrected chi connectivity index (χ3v) is 4.05. The van der Waals surface area contributed by atoms with E-state index in [0.29, 0.717) is 12.1 Å². The first kappa shape index (κ1) is 18.6. The Kier molecular flexibility index (Phi) is 5.91. The maximum absolute atomic E-state index is 12.8. The molecule has 0 saturated carbocycles. The first-order valence-electron chi connectivity index (χ1n) is 8.50. The number of esters is 1. The lowest BCUT2D eigenvalue weighted by Crippen LogP contribution is -2.28. The van der Waals surface area contributed by atoms with Crippen LogP contribution in [-0.2, 0) is 11.2 Å². The lowest BCUT2D eigenvalue weighted by Gasteiger charge is -2.18. The van der Waals surface area contributed by atoms with Crippen LogP contribution in [0.2, 0.25) is 0 Å². The molecule has 0 aliphatic carbocycles. The van der Waals surface area contributed by atoms with E-state index in [9.17, 15) is 14.4 Å². The molecule has 0 N–H and O–H groups in total. The van der Waals surface area contributed by atoms with Crippen molar-refractivity contribution >= 4 is 11.8 Å². The molecular weight excluding hydrogens is 318 g/mol. The normalized spacial score (nSPS) is 10.6. The van der Waals surface area contributed by atoms with E-state index in [1.807, 2.05) is 38.1 Å². The van der Waals surface area contributed by atoms with Gasteiger partial charge >= 0.3 is 5.97 Å². The topological polar surface area (TPSA) is 65.4 Å². The van der Waals surface area contributed by atoms with E-state index in [0.717, 1.165) is 11.3 Å². The average molecular weight is 341 g/mol. The second-order valence-electron chi connectivity index (χ2n) is 5.75. The van der Waals surface area contributed by atoms with Crippen molar-refractivity contribution in [3.8, 4) is 5.69 Å². The molecule has 0 amide bonds. The molecule has 5 heteroatoms. The van der Waals surface area contributed by atoms with Crippen molar-refractivity contribution in [2.24, 2.45) is 0 Å². The molecule has 0 fully saturated rings. The third-order valence-electron chi connectivity index (χ3n) is 4.05. The second-order valence-corrected chi connectivity index (χ2v) is 5.75. The summed E-state index contributed by atoms with van der Waals surface area (Å²) in [5, 5.41) is 0. The molecule has 0 bridgehead atoms. The number of hydrogen-bond acceptors (Lipinski definition) is 4. The zero-order chi connectivity index (χ0) is 18.6. The largest absolute Gasteiger partial charge is 0.462 e. The standard InChI is InChI=1S/C20H23NO4/c1-5-16-18(17(22)6-2)19(23)15(20(24)25-7-3)12-21(16)14-10-8-13(4)9-11-14/h8-12H,5-7H2,1-4H3. The highest BCUT2D eigenvalue weighted by atomic mass is 16.5. The van der Waals surface area contributed by atoms with Crippen LogP contribution in [0, 0.1) is 6.92 Å². The SMILES string of the molecule is CCOC(=O)c1cn(-c2ccc(C)cc2)c(CC)c(C(=O)CC)c1=O. The van der Waals surface area contributed by atoms with Gasteiger partial charge in [-0.1, -0.05) is 31.5 Å². The summed E-state index contributed by atoms with van der Waals surface area (Å²) in [6, 6.07) is 7.68. The first-order chi connectivity index (χ1) is 11.9. The molecule has 1 aromatic carbocycles. The van der Waals surface area contributed by atoms with Crippen LogP contribution in [0.15, 0.2) is 35.3 Å². The van der Waals surface area contributed by atoms with Gasteiger partial charge in [-0.05, 0) is 32.4 Å². The molecule has 0 unspecified atom stereocenters. The number of carbonyl (C=O) groups excluding carboxylic acids is 2. The second kappa shape index (κ2) is 7.92. The molecule has 0 radical (unpaired) electrons. The third kappa shape index (κ3) is 3.71. The fraction of sp³-hybridized carbons (Fsp3) is 0.350. The van der Waals surface area contributed by atoms with Crippen molar-refractivity contribution in [2.75, 3.05) is 6.61 Å². The van der Waals surface area contributed by atoms with Gasteiger partial charge in [-0.15, -0.1) is 0 Å². The molecule has 0 aliphatic rings. The van der Waals surface area contributed by atoms with E-state index < -0.39 is 11.4 Å². The van der Waals surface area contributed by atoms with Gasteiger partial charge in [-0.2, -0.15) is 0 Å². The number of aryl methyl sites for hydroxylation is 1. The number of hydrogen-bond donors (Lipinski definition) is 0. The van der Waals surface area contributed by atoms with Gasteiger partial charge in [0.25, 0.3) is 0 Å². The number of Topliss-reactive ketones (excluding diaryl/α,β-unsaturated/α-hetero) is 1. The maximum atomic E-state index is 12.8. The summed E-state index contributed by atoms with van der Waals surface area (Å²) in [6.45, 7) is 7.40. The van der Waals surface area contributed by atoms with E-state index in [4.69, 9.17) is 4.74 Å². The maximum Gasteiger partial charge on any atom is 0.343 e. The van der Waals surface area contributed by atoms with Crippen LogP contribution in [0.1, 0.15) is 59.2 Å².